The minimum atomic E-state index is -0.682. The third-order valence-corrected chi connectivity index (χ3v) is 13.7. The summed E-state index contributed by atoms with van der Waals surface area (Å²) in [5.41, 5.74) is -2.17. The molecule has 7 aromatic rings. The zero-order valence-corrected chi connectivity index (χ0v) is 36.7. The lowest BCUT2D eigenvalue weighted by Gasteiger charge is -2.25. The van der Waals surface area contributed by atoms with Crippen LogP contribution < -0.4 is 50.6 Å². The normalized spacial score (nSPS) is 15.1. The molecule has 3 aliphatic rings. The lowest BCUT2D eigenvalue weighted by Crippen LogP contribution is -2.25. The van der Waals surface area contributed by atoms with Gasteiger partial charge in [0, 0.05) is 6.07 Å². The van der Waals surface area contributed by atoms with Gasteiger partial charge in [0.2, 0.25) is 17.1 Å². The molecule has 3 saturated carbocycles. The van der Waals surface area contributed by atoms with Crippen molar-refractivity contribution in [3.63, 3.8) is 0 Å². The zero-order valence-electron chi connectivity index (χ0n) is 34.6. The molecule has 0 spiro atoms. The SMILES string of the molecule is O=c1[nH]c(=O)c2c(CCC3CCC3)c(-c3ccccc3)c(=O)oc2[nH]1.O=c1[nH]c(=O)c2c(CCC3CCC3)c(I)c(=O)oc2[nH]1.O=c1[nH]c(=O)c2c(CCC3CCC3)cc(=O)oc2[nH]1. The quantitative estimate of drug-likeness (QED) is 0.0990. The molecule has 0 saturated heterocycles. The molecule has 0 amide bonds. The number of halogens is 1. The van der Waals surface area contributed by atoms with Crippen molar-refractivity contribution in [3.05, 3.63) is 150 Å². The van der Waals surface area contributed by atoms with Crippen LogP contribution >= 0.6 is 22.6 Å². The summed E-state index contributed by atoms with van der Waals surface area (Å²) >= 11 is 1.90. The highest BCUT2D eigenvalue weighted by molar-refractivity contribution is 14.1. The fraction of sp³-hybridized carbons (Fsp3) is 0.400. The number of hydrogen-bond donors (Lipinski definition) is 6. The second kappa shape index (κ2) is 19.2. The fourth-order valence-corrected chi connectivity index (χ4v) is 9.20. The number of H-pyrrole nitrogens is 6. The van der Waals surface area contributed by atoms with Crippen LogP contribution in [0.5, 0.6) is 0 Å². The van der Waals surface area contributed by atoms with Crippen LogP contribution in [0, 0.1) is 21.3 Å². The summed E-state index contributed by atoms with van der Waals surface area (Å²) < 4.78 is 15.6. The molecule has 0 atom stereocenters. The van der Waals surface area contributed by atoms with Crippen LogP contribution in [0.3, 0.4) is 0 Å². The predicted molar refractivity (Wildman–Crippen MR) is 246 cm³/mol. The summed E-state index contributed by atoms with van der Waals surface area (Å²) in [6.07, 6.45) is 15.7. The van der Waals surface area contributed by atoms with E-state index in [4.69, 9.17) is 13.3 Å². The first-order valence-corrected chi connectivity index (χ1v) is 22.6. The van der Waals surface area contributed by atoms with Crippen LogP contribution in [0.25, 0.3) is 44.4 Å². The summed E-state index contributed by atoms with van der Waals surface area (Å²) in [5.74, 6) is 1.99. The smallest absolute Gasteiger partial charge is 0.351 e. The number of benzene rings is 1. The Hall–Kier alpha value is -6.38. The van der Waals surface area contributed by atoms with Crippen LogP contribution in [0.4, 0.5) is 0 Å². The fourth-order valence-electron chi connectivity index (χ4n) is 8.55. The lowest BCUT2D eigenvalue weighted by atomic mass is 9.80. The van der Waals surface area contributed by atoms with Gasteiger partial charge in [0.25, 0.3) is 16.7 Å². The topological polar surface area (TPSA) is 288 Å². The Balaban J connectivity index is 0.000000133. The van der Waals surface area contributed by atoms with Gasteiger partial charge in [-0.15, -0.1) is 0 Å². The molecule has 3 fully saturated rings. The van der Waals surface area contributed by atoms with E-state index in [1.54, 1.807) is 0 Å². The Morgan fingerprint density at radius 3 is 1.44 bits per heavy atom. The Morgan fingerprint density at radius 2 is 0.938 bits per heavy atom. The summed E-state index contributed by atoms with van der Waals surface area (Å²) in [4.78, 5) is 120. The van der Waals surface area contributed by atoms with Crippen molar-refractivity contribution >= 4 is 55.9 Å². The molecule has 1 aromatic carbocycles. The first-order valence-electron chi connectivity index (χ1n) is 21.5. The predicted octanol–water partition coefficient (Wildman–Crippen LogP) is 4.98. The molecular formula is C45H45IN6O12. The molecular weight excluding hydrogens is 943 g/mol. The van der Waals surface area contributed by atoms with E-state index in [1.165, 1.54) is 63.9 Å². The highest BCUT2D eigenvalue weighted by atomic mass is 127. The van der Waals surface area contributed by atoms with E-state index in [9.17, 15) is 43.2 Å². The molecule has 0 aliphatic heterocycles. The Labute approximate surface area is 373 Å². The van der Waals surface area contributed by atoms with E-state index in [2.05, 4.69) is 29.9 Å². The van der Waals surface area contributed by atoms with Crippen molar-refractivity contribution in [2.75, 3.05) is 0 Å². The number of hydrogen-bond acceptors (Lipinski definition) is 12. The highest BCUT2D eigenvalue weighted by Crippen LogP contribution is 2.34. The largest absolute Gasteiger partial charge is 0.405 e. The lowest BCUT2D eigenvalue weighted by molar-refractivity contribution is 0.296. The van der Waals surface area contributed by atoms with Crippen molar-refractivity contribution in [1.82, 2.24) is 29.9 Å². The summed E-state index contributed by atoms with van der Waals surface area (Å²) in [5, 5.41) is 0.823. The van der Waals surface area contributed by atoms with E-state index in [0.717, 1.165) is 19.3 Å². The number of aryl methyl sites for hydroxylation is 3. The van der Waals surface area contributed by atoms with E-state index >= 15 is 0 Å². The molecule has 0 bridgehead atoms. The minimum Gasteiger partial charge on any atom is -0.405 e. The van der Waals surface area contributed by atoms with E-state index in [0.29, 0.717) is 68.4 Å². The van der Waals surface area contributed by atoms with Gasteiger partial charge in [0.1, 0.15) is 19.7 Å². The van der Waals surface area contributed by atoms with E-state index in [1.807, 2.05) is 52.9 Å². The molecule has 6 aromatic heterocycles. The van der Waals surface area contributed by atoms with Gasteiger partial charge < -0.3 is 13.3 Å². The monoisotopic (exact) mass is 988 g/mol. The van der Waals surface area contributed by atoms with Gasteiger partial charge in [-0.3, -0.25) is 44.3 Å². The molecule has 10 rings (SSSR count). The van der Waals surface area contributed by atoms with Gasteiger partial charge in [-0.2, -0.15) is 0 Å². The third kappa shape index (κ3) is 9.73. The van der Waals surface area contributed by atoms with Crippen LogP contribution in [0.1, 0.15) is 93.7 Å². The van der Waals surface area contributed by atoms with Crippen molar-refractivity contribution < 1.29 is 13.3 Å². The number of fused-ring (bicyclic) bond motifs is 3. The average Bonchev–Trinajstić information content (AvgIpc) is 3.17. The number of rotatable bonds is 10. The minimum absolute atomic E-state index is 0.0345. The van der Waals surface area contributed by atoms with Gasteiger partial charge in [-0.25, -0.2) is 28.8 Å². The van der Waals surface area contributed by atoms with Crippen LogP contribution in [-0.2, 0) is 19.3 Å². The van der Waals surface area contributed by atoms with Crippen molar-refractivity contribution in [2.45, 2.75) is 96.3 Å². The third-order valence-electron chi connectivity index (χ3n) is 12.6. The number of aromatic amines is 6. The van der Waals surface area contributed by atoms with Crippen molar-refractivity contribution in [3.8, 4) is 11.1 Å². The van der Waals surface area contributed by atoms with Gasteiger partial charge in [0.05, 0.1) is 5.56 Å². The van der Waals surface area contributed by atoms with Crippen LogP contribution in [-0.4, -0.2) is 29.9 Å². The summed E-state index contributed by atoms with van der Waals surface area (Å²) in [7, 11) is 0. The molecule has 19 heteroatoms. The molecule has 334 valence electrons. The maximum atomic E-state index is 12.6. The van der Waals surface area contributed by atoms with Crippen LogP contribution in [0.2, 0.25) is 0 Å². The standard InChI is InChI=1S/C19H18N2O4.C13H13IN2O4.C13H14N2O4/c22-16-15-13(10-9-11-5-4-6-11)14(12-7-2-1-3-8-12)18(23)25-17(15)21-19(24)20-16;14-9-7(5-4-6-2-1-3-6)8-10(17)15-13(19)16-11(8)20-12(9)18;16-9-6-8(5-4-7-2-1-3-7)10-11(17)14-13(18)15-12(10)19-9/h1-3,7-8,11H,4-6,9-10H2,(H2,20,21,22,24);6H,1-5H2,(H2,15,16,17,19);6-7H,1-5H2,(H2,14,15,17,18). The van der Waals surface area contributed by atoms with Gasteiger partial charge in [-0.05, 0) is 101 Å². The Morgan fingerprint density at radius 1 is 0.500 bits per heavy atom. The summed E-state index contributed by atoms with van der Waals surface area (Å²) in [6.45, 7) is 0. The zero-order chi connectivity index (χ0) is 45.1. The van der Waals surface area contributed by atoms with E-state index in [-0.39, 0.29) is 33.3 Å². The summed E-state index contributed by atoms with van der Waals surface area (Å²) in [6, 6.07) is 10.5. The average molecular weight is 989 g/mol. The highest BCUT2D eigenvalue weighted by Gasteiger charge is 2.24. The van der Waals surface area contributed by atoms with Crippen molar-refractivity contribution in [1.29, 1.82) is 0 Å². The van der Waals surface area contributed by atoms with Crippen LogP contribution in [0.15, 0.2) is 92.8 Å². The van der Waals surface area contributed by atoms with Crippen molar-refractivity contribution in [2.24, 2.45) is 17.8 Å². The maximum absolute atomic E-state index is 12.6. The number of nitrogens with one attached hydrogen (secondary N) is 6. The molecule has 64 heavy (non-hydrogen) atoms. The second-order valence-corrected chi connectivity index (χ2v) is 17.8. The molecule has 0 unspecified atom stereocenters. The second-order valence-electron chi connectivity index (χ2n) is 16.7. The maximum Gasteiger partial charge on any atom is 0.351 e. The Kier molecular flexibility index (Phi) is 13.2. The molecule has 6 heterocycles. The molecule has 18 nitrogen and oxygen atoms in total. The number of aromatic nitrogens is 6. The van der Waals surface area contributed by atoms with Gasteiger partial charge in [0.15, 0.2) is 0 Å². The molecule has 3 aliphatic carbocycles. The van der Waals surface area contributed by atoms with Gasteiger partial charge in [-0.1, -0.05) is 88.1 Å². The molecule has 0 radical (unpaired) electrons. The molecule has 6 N–H and O–H groups in total. The van der Waals surface area contributed by atoms with Gasteiger partial charge >= 0.3 is 33.9 Å². The van der Waals surface area contributed by atoms with E-state index < -0.39 is 50.6 Å². The first kappa shape index (κ1) is 44.2. The Bertz CT molecular complexity index is 3410. The first-order chi connectivity index (χ1) is 30.8.